The molecule has 228 valence electrons. The Balaban J connectivity index is 1.77. The zero-order valence-electron chi connectivity index (χ0n) is 24.5. The second-order valence-corrected chi connectivity index (χ2v) is 10.3. The lowest BCUT2D eigenvalue weighted by Crippen LogP contribution is -2.56. The first-order valence-electron chi connectivity index (χ1n) is 14.1. The molecule has 0 saturated carbocycles. The SMILES string of the molecule is CCCC(=O)N(CCc1cc(OC)ccc1OC)[C@@H]1C=C(C(=O)NCCO)[C@@H]2c3cc(CO)cc(OC)c3O[C@@H]2[C@H]1O. The van der Waals surface area contributed by atoms with Crippen molar-refractivity contribution in [1.29, 1.82) is 0 Å². The van der Waals surface area contributed by atoms with Gasteiger partial charge in [-0.3, -0.25) is 9.59 Å². The first-order valence-corrected chi connectivity index (χ1v) is 14.1. The number of nitrogens with one attached hydrogen (secondary N) is 1. The van der Waals surface area contributed by atoms with Crippen LogP contribution in [0.4, 0.5) is 0 Å². The molecule has 2 aromatic rings. The van der Waals surface area contributed by atoms with Gasteiger partial charge < -0.3 is 44.5 Å². The van der Waals surface area contributed by atoms with Gasteiger partial charge in [0, 0.05) is 30.6 Å². The molecular formula is C31H40N2O9. The predicted molar refractivity (Wildman–Crippen MR) is 154 cm³/mol. The fourth-order valence-electron chi connectivity index (χ4n) is 5.73. The molecule has 0 fully saturated rings. The monoisotopic (exact) mass is 584 g/mol. The number of fused-ring (bicyclic) bond motifs is 3. The number of carbonyl (C=O) groups is 2. The molecule has 1 aliphatic heterocycles. The third-order valence-electron chi connectivity index (χ3n) is 7.75. The maximum Gasteiger partial charge on any atom is 0.247 e. The molecule has 0 unspecified atom stereocenters. The molecule has 42 heavy (non-hydrogen) atoms. The number of ether oxygens (including phenoxy) is 4. The van der Waals surface area contributed by atoms with Crippen molar-refractivity contribution in [3.05, 3.63) is 58.7 Å². The highest BCUT2D eigenvalue weighted by Gasteiger charge is 2.51. The number of carbonyl (C=O) groups excluding carboxylic acids is 2. The maximum absolute atomic E-state index is 13.5. The lowest BCUT2D eigenvalue weighted by Gasteiger charge is -2.41. The van der Waals surface area contributed by atoms with Crippen molar-refractivity contribution in [2.75, 3.05) is 41.0 Å². The summed E-state index contributed by atoms with van der Waals surface area (Å²) in [6, 6.07) is 7.94. The molecule has 1 aliphatic carbocycles. The van der Waals surface area contributed by atoms with Gasteiger partial charge in [0.25, 0.3) is 0 Å². The van der Waals surface area contributed by atoms with Crippen molar-refractivity contribution in [2.45, 2.75) is 57.0 Å². The molecular weight excluding hydrogens is 544 g/mol. The van der Waals surface area contributed by atoms with Crippen molar-refractivity contribution in [3.63, 3.8) is 0 Å². The number of methoxy groups -OCH3 is 3. The van der Waals surface area contributed by atoms with E-state index in [1.165, 1.54) is 7.11 Å². The topological polar surface area (TPSA) is 147 Å². The van der Waals surface area contributed by atoms with Crippen molar-refractivity contribution in [2.24, 2.45) is 0 Å². The third kappa shape index (κ3) is 6.18. The Labute approximate surface area is 245 Å². The van der Waals surface area contributed by atoms with Gasteiger partial charge in [0.2, 0.25) is 11.8 Å². The molecule has 1 heterocycles. The first-order chi connectivity index (χ1) is 20.3. The van der Waals surface area contributed by atoms with Gasteiger partial charge in [-0.25, -0.2) is 0 Å². The summed E-state index contributed by atoms with van der Waals surface area (Å²) in [7, 11) is 4.62. The van der Waals surface area contributed by atoms with Crippen LogP contribution in [0, 0.1) is 0 Å². The van der Waals surface area contributed by atoms with Crippen LogP contribution in [-0.4, -0.2) is 91.3 Å². The molecule has 2 aliphatic rings. The molecule has 2 aromatic carbocycles. The van der Waals surface area contributed by atoms with E-state index in [1.807, 2.05) is 13.0 Å². The average Bonchev–Trinajstić information content (AvgIpc) is 3.40. The van der Waals surface area contributed by atoms with Gasteiger partial charge in [0.15, 0.2) is 11.5 Å². The summed E-state index contributed by atoms with van der Waals surface area (Å²) >= 11 is 0. The number of nitrogens with zero attached hydrogens (tertiary/aromatic N) is 1. The van der Waals surface area contributed by atoms with Crippen LogP contribution in [-0.2, 0) is 22.6 Å². The van der Waals surface area contributed by atoms with Crippen molar-refractivity contribution in [1.82, 2.24) is 10.2 Å². The van der Waals surface area contributed by atoms with Crippen molar-refractivity contribution in [3.8, 4) is 23.0 Å². The van der Waals surface area contributed by atoms with Gasteiger partial charge in [-0.05, 0) is 60.4 Å². The van der Waals surface area contributed by atoms with E-state index >= 15 is 0 Å². The summed E-state index contributed by atoms with van der Waals surface area (Å²) in [4.78, 5) is 28.6. The minimum Gasteiger partial charge on any atom is -0.497 e. The summed E-state index contributed by atoms with van der Waals surface area (Å²) in [5.41, 5.74) is 2.28. The minimum absolute atomic E-state index is 0.0304. The molecule has 2 amide bonds. The van der Waals surface area contributed by atoms with Crippen LogP contribution in [0.5, 0.6) is 23.0 Å². The average molecular weight is 585 g/mol. The quantitative estimate of drug-likeness (QED) is 0.276. The zero-order chi connectivity index (χ0) is 30.4. The number of hydrogen-bond acceptors (Lipinski definition) is 9. The van der Waals surface area contributed by atoms with E-state index in [0.717, 1.165) is 5.56 Å². The van der Waals surface area contributed by atoms with Gasteiger partial charge in [-0.15, -0.1) is 0 Å². The highest BCUT2D eigenvalue weighted by molar-refractivity contribution is 5.96. The van der Waals surface area contributed by atoms with Gasteiger partial charge in [0.1, 0.15) is 23.7 Å². The minimum atomic E-state index is -1.19. The normalized spacial score (nSPS) is 20.5. The number of hydrogen-bond donors (Lipinski definition) is 4. The molecule has 0 radical (unpaired) electrons. The summed E-state index contributed by atoms with van der Waals surface area (Å²) in [6.07, 6.45) is 0.792. The second kappa shape index (κ2) is 13.9. The van der Waals surface area contributed by atoms with Crippen molar-refractivity contribution < 1.29 is 43.9 Å². The van der Waals surface area contributed by atoms with Crippen LogP contribution >= 0.6 is 0 Å². The van der Waals surface area contributed by atoms with E-state index in [0.29, 0.717) is 52.5 Å². The Bertz CT molecular complexity index is 1310. The number of aliphatic hydroxyl groups is 3. The van der Waals surface area contributed by atoms with Crippen molar-refractivity contribution >= 4 is 11.8 Å². The smallest absolute Gasteiger partial charge is 0.247 e. The molecule has 0 saturated heterocycles. The fraction of sp³-hybridized carbons (Fsp3) is 0.484. The summed E-state index contributed by atoms with van der Waals surface area (Å²) in [5.74, 6) is 0.721. The van der Waals surface area contributed by atoms with Crippen LogP contribution in [0.1, 0.15) is 42.4 Å². The first kappa shape index (κ1) is 31.1. The number of amides is 2. The predicted octanol–water partition coefficient (Wildman–Crippen LogP) is 1.70. The van der Waals surface area contributed by atoms with Crippen LogP contribution < -0.4 is 24.3 Å². The molecule has 0 spiro atoms. The van der Waals surface area contributed by atoms with Gasteiger partial charge in [0.05, 0.1) is 46.5 Å². The van der Waals surface area contributed by atoms with Crippen LogP contribution in [0.15, 0.2) is 42.0 Å². The molecule has 4 rings (SSSR count). The number of aliphatic hydroxyl groups excluding tert-OH is 3. The number of rotatable bonds is 13. The zero-order valence-corrected chi connectivity index (χ0v) is 24.5. The van der Waals surface area contributed by atoms with Crippen LogP contribution in [0.3, 0.4) is 0 Å². The Hall–Kier alpha value is -3.80. The van der Waals surface area contributed by atoms with Gasteiger partial charge in [-0.2, -0.15) is 0 Å². The maximum atomic E-state index is 13.5. The molecule has 11 heteroatoms. The Morgan fingerprint density at radius 2 is 1.81 bits per heavy atom. The molecule has 11 nitrogen and oxygen atoms in total. The van der Waals surface area contributed by atoms with E-state index in [2.05, 4.69) is 5.32 Å². The van der Waals surface area contributed by atoms with E-state index < -0.39 is 30.1 Å². The second-order valence-electron chi connectivity index (χ2n) is 10.3. The Morgan fingerprint density at radius 1 is 1.05 bits per heavy atom. The van der Waals surface area contributed by atoms with Gasteiger partial charge in [-0.1, -0.05) is 6.92 Å². The molecule has 0 aromatic heterocycles. The molecule has 4 N–H and O–H groups in total. The largest absolute Gasteiger partial charge is 0.497 e. The third-order valence-corrected chi connectivity index (χ3v) is 7.75. The number of benzene rings is 2. The Morgan fingerprint density at radius 3 is 2.45 bits per heavy atom. The molecule has 4 atom stereocenters. The van der Waals surface area contributed by atoms with Crippen LogP contribution in [0.2, 0.25) is 0 Å². The molecule has 0 bridgehead atoms. The standard InChI is InChI=1S/C31H40N2O9/c1-5-6-26(36)33(11-9-19-15-20(39-2)7-8-24(19)40-3)23-16-22(31(38)32-10-12-34)27-21-13-18(17-35)14-25(41-4)29(21)42-30(27)28(23)37/h7-8,13-16,23,27-28,30,34-35,37H,5-6,9-12,17H2,1-4H3,(H,32,38)/t23-,27+,28+,30+/m1/s1. The summed E-state index contributed by atoms with van der Waals surface area (Å²) in [6.45, 7) is 1.66. The highest BCUT2D eigenvalue weighted by Crippen LogP contribution is 2.51. The Kier molecular flexibility index (Phi) is 10.3. The lowest BCUT2D eigenvalue weighted by atomic mass is 9.77. The van der Waals surface area contributed by atoms with E-state index in [1.54, 1.807) is 49.5 Å². The van der Waals surface area contributed by atoms with E-state index in [4.69, 9.17) is 18.9 Å². The summed E-state index contributed by atoms with van der Waals surface area (Å²) in [5, 5.41) is 33.7. The van der Waals surface area contributed by atoms with Crippen LogP contribution in [0.25, 0.3) is 0 Å². The van der Waals surface area contributed by atoms with E-state index in [-0.39, 0.29) is 38.6 Å². The summed E-state index contributed by atoms with van der Waals surface area (Å²) < 4.78 is 22.7. The highest BCUT2D eigenvalue weighted by atomic mass is 16.5. The van der Waals surface area contributed by atoms with E-state index in [9.17, 15) is 24.9 Å². The fourth-order valence-corrected chi connectivity index (χ4v) is 5.73. The van der Waals surface area contributed by atoms with Gasteiger partial charge >= 0.3 is 0 Å². The lowest BCUT2D eigenvalue weighted by molar-refractivity contribution is -0.137.